The number of esters is 3. The van der Waals surface area contributed by atoms with E-state index in [0.717, 1.165) is 6.26 Å². The maximum Gasteiger partial charge on any atom is 0.341 e. The molecule has 0 saturated carbocycles. The normalized spacial score (nSPS) is 13.4. The first-order chi connectivity index (χ1) is 24.6. The molecule has 1 aliphatic rings. The summed E-state index contributed by atoms with van der Waals surface area (Å²) in [5, 5.41) is 0. The molecule has 4 rings (SSSR count). The van der Waals surface area contributed by atoms with Gasteiger partial charge in [0.15, 0.2) is 0 Å². The highest BCUT2D eigenvalue weighted by Crippen LogP contribution is 2.42. The Labute approximate surface area is 295 Å². The van der Waals surface area contributed by atoms with E-state index in [1.165, 1.54) is 27.6 Å². The zero-order valence-electron chi connectivity index (χ0n) is 28.5. The van der Waals surface area contributed by atoms with Crippen molar-refractivity contribution in [2.24, 2.45) is 0 Å². The molecule has 1 fully saturated rings. The fourth-order valence-electron chi connectivity index (χ4n) is 4.30. The Bertz CT molecular complexity index is 1800. The SMILES string of the molecule is C=C(COC)C(=O)O/C=C\Oc1ccc(-c2cc(OC(=O)C(=C)COC)c(-c3ccc(O/C=C\C4CO4)cc3)cc2OC(=O)C(=C)COC)cc1. The van der Waals surface area contributed by atoms with Crippen LogP contribution in [-0.2, 0) is 38.1 Å². The number of methoxy groups -OCH3 is 3. The standard InChI is InChI=1S/C39H38O12/c1-25(21-43-4)37(40)48-18-17-47-31-13-9-29(10-14-31)34-20-35(50-38(41)26(2)22-44-5)33(19-36(34)51-39(42)27(3)23-45-6)28-7-11-30(12-8-28)46-16-15-32-24-49-32/h7-20,32H,1-3,21-24H2,4-6H3/b16-15-,18-17-. The molecule has 1 atom stereocenters. The molecule has 0 radical (unpaired) electrons. The highest BCUT2D eigenvalue weighted by atomic mass is 16.6. The zero-order valence-corrected chi connectivity index (χ0v) is 28.5. The molecule has 1 saturated heterocycles. The first kappa shape index (κ1) is 38.0. The van der Waals surface area contributed by atoms with Gasteiger partial charge >= 0.3 is 17.9 Å². The van der Waals surface area contributed by atoms with Crippen LogP contribution < -0.4 is 18.9 Å². The zero-order chi connectivity index (χ0) is 36.8. The molecule has 0 bridgehead atoms. The first-order valence-corrected chi connectivity index (χ1v) is 15.4. The second kappa shape index (κ2) is 18.8. The van der Waals surface area contributed by atoms with Gasteiger partial charge < -0.3 is 42.6 Å². The van der Waals surface area contributed by atoms with Crippen molar-refractivity contribution in [3.63, 3.8) is 0 Å². The van der Waals surface area contributed by atoms with Crippen LogP contribution in [0.4, 0.5) is 0 Å². The van der Waals surface area contributed by atoms with Gasteiger partial charge in [-0.1, -0.05) is 44.0 Å². The quantitative estimate of drug-likeness (QED) is 0.0469. The molecule has 0 amide bonds. The lowest BCUT2D eigenvalue weighted by atomic mass is 9.97. The van der Waals surface area contributed by atoms with Crippen LogP contribution >= 0.6 is 0 Å². The summed E-state index contributed by atoms with van der Waals surface area (Å²) in [5.41, 5.74) is 2.35. The van der Waals surface area contributed by atoms with E-state index in [9.17, 15) is 14.4 Å². The molecule has 0 aliphatic carbocycles. The molecule has 1 heterocycles. The number of hydrogen-bond acceptors (Lipinski definition) is 12. The molecule has 1 unspecified atom stereocenters. The van der Waals surface area contributed by atoms with Gasteiger partial charge in [-0.3, -0.25) is 0 Å². The van der Waals surface area contributed by atoms with Crippen molar-refractivity contribution in [3.05, 3.63) is 122 Å². The first-order valence-electron chi connectivity index (χ1n) is 15.4. The van der Waals surface area contributed by atoms with Crippen molar-refractivity contribution in [2.75, 3.05) is 47.8 Å². The van der Waals surface area contributed by atoms with Crippen LogP contribution in [0.5, 0.6) is 23.0 Å². The summed E-state index contributed by atoms with van der Waals surface area (Å²) in [7, 11) is 4.32. The molecule has 3 aromatic carbocycles. The van der Waals surface area contributed by atoms with Crippen molar-refractivity contribution in [1.82, 2.24) is 0 Å². The number of carbonyl (C=O) groups excluding carboxylic acids is 3. The smallest absolute Gasteiger partial charge is 0.341 e. The van der Waals surface area contributed by atoms with Crippen molar-refractivity contribution in [2.45, 2.75) is 6.10 Å². The molecule has 51 heavy (non-hydrogen) atoms. The maximum atomic E-state index is 13.1. The fraction of sp³-hybridized carbons (Fsp3) is 0.205. The molecular formula is C39H38O12. The van der Waals surface area contributed by atoms with E-state index in [1.807, 2.05) is 6.08 Å². The minimum Gasteiger partial charge on any atom is -0.465 e. The average molecular weight is 699 g/mol. The minimum absolute atomic E-state index is 0.0342. The number of ether oxygens (including phenoxy) is 9. The van der Waals surface area contributed by atoms with Gasteiger partial charge in [0.2, 0.25) is 0 Å². The molecule has 0 aromatic heterocycles. The molecule has 12 nitrogen and oxygen atoms in total. The van der Waals surface area contributed by atoms with Crippen LogP contribution in [0.3, 0.4) is 0 Å². The maximum absolute atomic E-state index is 13.1. The lowest BCUT2D eigenvalue weighted by molar-refractivity contribution is -0.134. The average Bonchev–Trinajstić information content (AvgIpc) is 3.96. The van der Waals surface area contributed by atoms with Crippen LogP contribution in [0.1, 0.15) is 0 Å². The topological polar surface area (TPSA) is 138 Å². The van der Waals surface area contributed by atoms with E-state index < -0.39 is 17.9 Å². The Hall–Kier alpha value is -5.79. The highest BCUT2D eigenvalue weighted by molar-refractivity contribution is 5.94. The van der Waals surface area contributed by atoms with Crippen molar-refractivity contribution in [1.29, 1.82) is 0 Å². The predicted octanol–water partition coefficient (Wildman–Crippen LogP) is 6.12. The highest BCUT2D eigenvalue weighted by Gasteiger charge is 2.22. The van der Waals surface area contributed by atoms with Gasteiger partial charge in [0.05, 0.1) is 49.4 Å². The van der Waals surface area contributed by atoms with Crippen molar-refractivity contribution in [3.8, 4) is 45.3 Å². The van der Waals surface area contributed by atoms with Crippen molar-refractivity contribution < 1.29 is 57.0 Å². The molecule has 1 aliphatic heterocycles. The minimum atomic E-state index is -0.717. The van der Waals surface area contributed by atoms with Crippen LogP contribution in [0.25, 0.3) is 22.3 Å². The Balaban J connectivity index is 1.70. The second-order valence-corrected chi connectivity index (χ2v) is 10.9. The summed E-state index contributed by atoms with van der Waals surface area (Å²) in [4.78, 5) is 38.0. The van der Waals surface area contributed by atoms with Gasteiger partial charge in [0.1, 0.15) is 41.6 Å². The summed E-state index contributed by atoms with van der Waals surface area (Å²) in [6.07, 6.45) is 5.71. The number of rotatable bonds is 19. The monoisotopic (exact) mass is 698 g/mol. The molecule has 0 spiro atoms. The number of hydrogen-bond donors (Lipinski definition) is 0. The third-order valence-corrected chi connectivity index (χ3v) is 6.93. The van der Waals surface area contributed by atoms with E-state index in [-0.39, 0.29) is 54.1 Å². The molecule has 266 valence electrons. The Kier molecular flexibility index (Phi) is 14.0. The van der Waals surface area contributed by atoms with Gasteiger partial charge in [-0.2, -0.15) is 0 Å². The third-order valence-electron chi connectivity index (χ3n) is 6.93. The Morgan fingerprint density at radius 3 is 1.47 bits per heavy atom. The Morgan fingerprint density at radius 1 is 0.647 bits per heavy atom. The number of epoxide rings is 1. The van der Waals surface area contributed by atoms with E-state index in [0.29, 0.717) is 40.4 Å². The van der Waals surface area contributed by atoms with Crippen LogP contribution in [0.15, 0.2) is 122 Å². The van der Waals surface area contributed by atoms with Gasteiger partial charge in [-0.05, 0) is 53.6 Å². The fourth-order valence-corrected chi connectivity index (χ4v) is 4.30. The third kappa shape index (κ3) is 11.4. The summed E-state index contributed by atoms with van der Waals surface area (Å²) < 4.78 is 48.0. The van der Waals surface area contributed by atoms with Gasteiger partial charge in [0.25, 0.3) is 0 Å². The van der Waals surface area contributed by atoms with E-state index in [2.05, 4.69) is 19.7 Å². The number of benzene rings is 3. The van der Waals surface area contributed by atoms with Crippen molar-refractivity contribution >= 4 is 17.9 Å². The van der Waals surface area contributed by atoms with Gasteiger partial charge in [-0.25, -0.2) is 14.4 Å². The molecular weight excluding hydrogens is 660 g/mol. The molecule has 0 N–H and O–H groups in total. The lowest BCUT2D eigenvalue weighted by Crippen LogP contribution is -2.16. The Morgan fingerprint density at radius 2 is 1.06 bits per heavy atom. The molecule has 12 heteroatoms. The lowest BCUT2D eigenvalue weighted by Gasteiger charge is -2.18. The largest absolute Gasteiger partial charge is 0.465 e. The van der Waals surface area contributed by atoms with E-state index in [4.69, 9.17) is 42.6 Å². The van der Waals surface area contributed by atoms with Crippen LogP contribution in [-0.4, -0.2) is 71.8 Å². The summed E-state index contributed by atoms with van der Waals surface area (Å²) in [5.74, 6) is -0.825. The van der Waals surface area contributed by atoms with Gasteiger partial charge in [0, 0.05) is 32.5 Å². The van der Waals surface area contributed by atoms with Crippen LogP contribution in [0.2, 0.25) is 0 Å². The second-order valence-electron chi connectivity index (χ2n) is 10.9. The predicted molar refractivity (Wildman–Crippen MR) is 187 cm³/mol. The van der Waals surface area contributed by atoms with E-state index >= 15 is 0 Å². The van der Waals surface area contributed by atoms with Crippen LogP contribution in [0, 0.1) is 0 Å². The number of carbonyl (C=O) groups is 3. The molecule has 3 aromatic rings. The summed E-state index contributed by atoms with van der Waals surface area (Å²) in [6, 6.07) is 16.9. The summed E-state index contributed by atoms with van der Waals surface area (Å²) in [6.45, 7) is 11.7. The van der Waals surface area contributed by atoms with Gasteiger partial charge in [-0.15, -0.1) is 0 Å². The summed E-state index contributed by atoms with van der Waals surface area (Å²) >= 11 is 0. The van der Waals surface area contributed by atoms with E-state index in [1.54, 1.807) is 66.9 Å².